The zero-order valence-electron chi connectivity index (χ0n) is 15.3. The molecule has 2 aromatic heterocycles. The number of benzene rings is 1. The molecule has 3 nitrogen and oxygen atoms in total. The lowest BCUT2D eigenvalue weighted by atomic mass is 9.99. The number of hydrogen-bond acceptors (Lipinski definition) is 3. The van der Waals surface area contributed by atoms with E-state index in [1.807, 2.05) is 38.1 Å². The van der Waals surface area contributed by atoms with Crippen molar-refractivity contribution >= 4 is 11.3 Å². The summed E-state index contributed by atoms with van der Waals surface area (Å²) in [6.07, 6.45) is 3.34. The van der Waals surface area contributed by atoms with E-state index in [1.165, 1.54) is 10.4 Å². The molecule has 0 fully saturated rings. The van der Waals surface area contributed by atoms with Crippen molar-refractivity contribution in [1.29, 1.82) is 5.26 Å². The molecule has 0 atom stereocenters. The predicted molar refractivity (Wildman–Crippen MR) is 109 cm³/mol. The molecule has 0 bridgehead atoms. The fourth-order valence-electron chi connectivity index (χ4n) is 3.13. The van der Waals surface area contributed by atoms with Gasteiger partial charge in [-0.1, -0.05) is 37.1 Å². The van der Waals surface area contributed by atoms with Gasteiger partial charge in [0.25, 0.3) is 5.56 Å². The molecule has 1 N–H and O–H groups in total. The van der Waals surface area contributed by atoms with E-state index < -0.39 is 0 Å². The topological polar surface area (TPSA) is 56.6 Å². The van der Waals surface area contributed by atoms with Crippen molar-refractivity contribution in [2.75, 3.05) is 0 Å². The normalized spacial score (nSPS) is 10.7. The molecule has 2 heterocycles. The third-order valence-corrected chi connectivity index (χ3v) is 5.70. The fraction of sp³-hybridized carbons (Fsp3) is 0.273. The van der Waals surface area contributed by atoms with Crippen LogP contribution >= 0.6 is 11.3 Å². The van der Waals surface area contributed by atoms with Crippen molar-refractivity contribution in [1.82, 2.24) is 4.98 Å². The maximum absolute atomic E-state index is 12.5. The van der Waals surface area contributed by atoms with E-state index in [4.69, 9.17) is 0 Å². The highest BCUT2D eigenvalue weighted by molar-refractivity contribution is 7.15. The SMILES string of the molecule is CCCCc1ccc(-c2cc(-c3ccc(C)cc3C)[nH]c(=O)c2C#N)s1. The standard InChI is InChI=1S/C22H22N2OS/c1-4-5-6-16-8-10-21(26-16)18-12-20(24-22(25)19(18)13-23)17-9-7-14(2)11-15(17)3/h7-12H,4-6H2,1-3H3,(H,24,25). The summed E-state index contributed by atoms with van der Waals surface area (Å²) in [5.41, 5.74) is 4.60. The van der Waals surface area contributed by atoms with Crippen LogP contribution < -0.4 is 5.56 Å². The Morgan fingerprint density at radius 1 is 1.12 bits per heavy atom. The van der Waals surface area contributed by atoms with Crippen LogP contribution in [-0.4, -0.2) is 4.98 Å². The van der Waals surface area contributed by atoms with Crippen LogP contribution in [0.3, 0.4) is 0 Å². The largest absolute Gasteiger partial charge is 0.321 e. The van der Waals surface area contributed by atoms with Crippen molar-refractivity contribution in [3.63, 3.8) is 0 Å². The van der Waals surface area contributed by atoms with Gasteiger partial charge in [-0.3, -0.25) is 4.79 Å². The molecule has 0 aliphatic rings. The highest BCUT2D eigenvalue weighted by atomic mass is 32.1. The Labute approximate surface area is 158 Å². The summed E-state index contributed by atoms with van der Waals surface area (Å²) in [5, 5.41) is 9.50. The molecule has 0 unspecified atom stereocenters. The molecule has 0 aliphatic heterocycles. The van der Waals surface area contributed by atoms with Gasteiger partial charge in [-0.25, -0.2) is 0 Å². The number of thiophene rings is 1. The first-order valence-electron chi connectivity index (χ1n) is 8.87. The van der Waals surface area contributed by atoms with Crippen molar-refractivity contribution < 1.29 is 0 Å². The lowest BCUT2D eigenvalue weighted by molar-refractivity contribution is 0.804. The molecule has 0 saturated heterocycles. The minimum atomic E-state index is -0.330. The highest BCUT2D eigenvalue weighted by Gasteiger charge is 2.15. The summed E-state index contributed by atoms with van der Waals surface area (Å²) in [5.74, 6) is 0. The zero-order chi connectivity index (χ0) is 18.7. The van der Waals surface area contributed by atoms with Crippen LogP contribution in [0.15, 0.2) is 41.2 Å². The van der Waals surface area contributed by atoms with E-state index in [1.54, 1.807) is 11.3 Å². The van der Waals surface area contributed by atoms with Crippen LogP contribution in [0.25, 0.3) is 21.7 Å². The third kappa shape index (κ3) is 3.63. The summed E-state index contributed by atoms with van der Waals surface area (Å²) in [4.78, 5) is 17.7. The van der Waals surface area contributed by atoms with Crippen LogP contribution in [0.4, 0.5) is 0 Å². The van der Waals surface area contributed by atoms with Crippen LogP contribution in [0.1, 0.15) is 41.3 Å². The van der Waals surface area contributed by atoms with E-state index in [0.29, 0.717) is 0 Å². The van der Waals surface area contributed by atoms with Crippen molar-refractivity contribution in [2.24, 2.45) is 0 Å². The van der Waals surface area contributed by atoms with Gasteiger partial charge in [0.15, 0.2) is 0 Å². The number of nitrogens with one attached hydrogen (secondary N) is 1. The Kier molecular flexibility index (Phi) is 5.39. The molecule has 132 valence electrons. The number of hydrogen-bond donors (Lipinski definition) is 1. The molecular formula is C22H22N2OS. The van der Waals surface area contributed by atoms with E-state index in [-0.39, 0.29) is 11.1 Å². The van der Waals surface area contributed by atoms with Crippen LogP contribution in [0.5, 0.6) is 0 Å². The smallest absolute Gasteiger partial charge is 0.267 e. The maximum atomic E-state index is 12.5. The number of rotatable bonds is 5. The Morgan fingerprint density at radius 2 is 1.92 bits per heavy atom. The predicted octanol–water partition coefficient (Wildman–Crippen LogP) is 5.60. The Morgan fingerprint density at radius 3 is 2.62 bits per heavy atom. The van der Waals surface area contributed by atoms with Gasteiger partial charge in [0, 0.05) is 26.6 Å². The molecule has 0 saturated carbocycles. The molecule has 0 aliphatic carbocycles. The minimum Gasteiger partial charge on any atom is -0.321 e. The van der Waals surface area contributed by atoms with Gasteiger partial charge in [0.2, 0.25) is 0 Å². The first-order chi connectivity index (χ1) is 12.5. The number of H-pyrrole nitrogens is 1. The summed E-state index contributed by atoms with van der Waals surface area (Å²) < 4.78 is 0. The molecule has 0 amide bonds. The number of nitriles is 1. The number of aromatic nitrogens is 1. The van der Waals surface area contributed by atoms with Gasteiger partial charge < -0.3 is 4.98 Å². The van der Waals surface area contributed by atoms with E-state index >= 15 is 0 Å². The first kappa shape index (κ1) is 18.2. The van der Waals surface area contributed by atoms with Gasteiger partial charge >= 0.3 is 0 Å². The Hall–Kier alpha value is -2.64. The number of pyridine rings is 1. The quantitative estimate of drug-likeness (QED) is 0.642. The molecule has 0 radical (unpaired) electrons. The van der Waals surface area contributed by atoms with Gasteiger partial charge in [0.1, 0.15) is 11.6 Å². The van der Waals surface area contributed by atoms with Crippen molar-refractivity contribution in [3.8, 4) is 27.8 Å². The second-order valence-electron chi connectivity index (χ2n) is 6.60. The Balaban J connectivity index is 2.13. The molecule has 26 heavy (non-hydrogen) atoms. The molecule has 4 heteroatoms. The number of nitrogens with zero attached hydrogens (tertiary/aromatic N) is 1. The maximum Gasteiger partial charge on any atom is 0.267 e. The second kappa shape index (κ2) is 7.72. The molecule has 3 rings (SSSR count). The monoisotopic (exact) mass is 362 g/mol. The minimum absolute atomic E-state index is 0.183. The lowest BCUT2D eigenvalue weighted by Gasteiger charge is -2.10. The lowest BCUT2D eigenvalue weighted by Crippen LogP contribution is -2.12. The van der Waals surface area contributed by atoms with Gasteiger partial charge in [-0.05, 0) is 50.5 Å². The highest BCUT2D eigenvalue weighted by Crippen LogP contribution is 2.33. The molecular weight excluding hydrogens is 340 g/mol. The zero-order valence-corrected chi connectivity index (χ0v) is 16.2. The fourth-order valence-corrected chi connectivity index (χ4v) is 4.21. The van der Waals surface area contributed by atoms with Crippen LogP contribution in [-0.2, 0) is 6.42 Å². The van der Waals surface area contributed by atoms with Crippen molar-refractivity contribution in [2.45, 2.75) is 40.0 Å². The van der Waals surface area contributed by atoms with Gasteiger partial charge in [-0.15, -0.1) is 11.3 Å². The summed E-state index contributed by atoms with van der Waals surface area (Å²) in [6.45, 7) is 6.26. The van der Waals surface area contributed by atoms with E-state index in [0.717, 1.165) is 46.5 Å². The number of unbranched alkanes of at least 4 members (excludes halogenated alkanes) is 1. The average molecular weight is 362 g/mol. The summed E-state index contributed by atoms with van der Waals surface area (Å²) in [6, 6.07) is 14.3. The average Bonchev–Trinajstić information content (AvgIpc) is 3.08. The van der Waals surface area contributed by atoms with Gasteiger partial charge in [-0.2, -0.15) is 5.26 Å². The van der Waals surface area contributed by atoms with Crippen LogP contribution in [0.2, 0.25) is 0 Å². The Bertz CT molecular complexity index is 1040. The third-order valence-electron chi connectivity index (χ3n) is 4.52. The van der Waals surface area contributed by atoms with E-state index in [9.17, 15) is 10.1 Å². The molecule has 1 aromatic carbocycles. The number of aryl methyl sites for hydroxylation is 3. The summed E-state index contributed by atoms with van der Waals surface area (Å²) >= 11 is 1.67. The molecule has 0 spiro atoms. The molecule has 3 aromatic rings. The van der Waals surface area contributed by atoms with Crippen LogP contribution in [0, 0.1) is 25.2 Å². The second-order valence-corrected chi connectivity index (χ2v) is 7.77. The number of aromatic amines is 1. The van der Waals surface area contributed by atoms with E-state index in [2.05, 4.69) is 30.1 Å². The van der Waals surface area contributed by atoms with Gasteiger partial charge in [0.05, 0.1) is 0 Å². The summed E-state index contributed by atoms with van der Waals surface area (Å²) in [7, 11) is 0. The first-order valence-corrected chi connectivity index (χ1v) is 9.69. The van der Waals surface area contributed by atoms with Crippen molar-refractivity contribution in [3.05, 3.63) is 68.3 Å².